The average molecular weight is 275 g/mol. The van der Waals surface area contributed by atoms with Crippen LogP contribution in [0.2, 0.25) is 0 Å². The van der Waals surface area contributed by atoms with E-state index in [1.807, 2.05) is 51.1 Å². The second-order valence-electron chi connectivity index (χ2n) is 5.87. The predicted octanol–water partition coefficient (Wildman–Crippen LogP) is 2.97. The summed E-state index contributed by atoms with van der Waals surface area (Å²) in [6, 6.07) is 9.82. The summed E-state index contributed by atoms with van der Waals surface area (Å²) in [6.45, 7) is 7.95. The molecular weight excluding hydrogens is 252 g/mol. The van der Waals surface area contributed by atoms with Crippen LogP contribution in [0.5, 0.6) is 0 Å². The minimum atomic E-state index is -0.945. The Balaban J connectivity index is 2.37. The van der Waals surface area contributed by atoms with Crippen LogP contribution in [0.25, 0.3) is 0 Å². The van der Waals surface area contributed by atoms with E-state index in [9.17, 15) is 10.0 Å². The molecule has 1 fully saturated rings. The van der Waals surface area contributed by atoms with E-state index in [1.165, 1.54) is 0 Å². The summed E-state index contributed by atoms with van der Waals surface area (Å²) >= 11 is 0. The second-order valence-corrected chi connectivity index (χ2v) is 5.87. The number of carbonyl (C=O) groups is 1. The summed E-state index contributed by atoms with van der Waals surface area (Å²) in [6.07, 6.45) is 1.14. The summed E-state index contributed by atoms with van der Waals surface area (Å²) in [5, 5.41) is 13.7. The van der Waals surface area contributed by atoms with Crippen molar-refractivity contribution in [2.75, 3.05) is 0 Å². The van der Waals surface area contributed by atoms with E-state index in [-0.39, 0.29) is 5.91 Å². The molecule has 0 bridgehead atoms. The van der Waals surface area contributed by atoms with E-state index in [4.69, 9.17) is 0 Å². The van der Waals surface area contributed by atoms with Gasteiger partial charge in [-0.15, -0.1) is 10.3 Å². The normalized spacial score (nSPS) is 31.1. The molecule has 1 radical (unpaired) electrons. The zero-order valence-corrected chi connectivity index (χ0v) is 12.7. The van der Waals surface area contributed by atoms with Crippen LogP contribution in [-0.2, 0) is 16.5 Å². The van der Waals surface area contributed by atoms with Crippen LogP contribution in [0, 0.1) is 0 Å². The van der Waals surface area contributed by atoms with Crippen LogP contribution >= 0.6 is 0 Å². The molecule has 0 aliphatic carbocycles. The van der Waals surface area contributed by atoms with Crippen molar-refractivity contribution >= 4 is 5.91 Å². The summed E-state index contributed by atoms with van der Waals surface area (Å²) in [7, 11) is 0. The number of rotatable bonds is 4. The minimum absolute atomic E-state index is 0.0665. The van der Waals surface area contributed by atoms with Crippen LogP contribution in [0.4, 0.5) is 0 Å². The van der Waals surface area contributed by atoms with Crippen LogP contribution < -0.4 is 0 Å². The van der Waals surface area contributed by atoms with Gasteiger partial charge in [-0.1, -0.05) is 44.2 Å². The number of benzene rings is 1. The first-order chi connectivity index (χ1) is 9.40. The molecule has 2 unspecified atom stereocenters. The molecule has 1 aromatic rings. The fraction of sp³-hybridized carbons (Fsp3) is 0.562. The highest BCUT2D eigenvalue weighted by Gasteiger charge is 2.60. The minimum Gasteiger partial charge on any atom is -0.316 e. The molecule has 1 aliphatic rings. The summed E-state index contributed by atoms with van der Waals surface area (Å²) in [5.41, 5.74) is -0.661. The highest BCUT2D eigenvalue weighted by Crippen LogP contribution is 2.41. The molecule has 1 saturated heterocycles. The van der Waals surface area contributed by atoms with Gasteiger partial charge < -0.3 is 4.90 Å². The van der Waals surface area contributed by atoms with Gasteiger partial charge in [0.15, 0.2) is 0 Å². The Kier molecular flexibility index (Phi) is 3.89. The zero-order valence-electron chi connectivity index (χ0n) is 12.7. The van der Waals surface area contributed by atoms with Gasteiger partial charge in [0.2, 0.25) is 5.91 Å². The van der Waals surface area contributed by atoms with Gasteiger partial charge in [0, 0.05) is 6.54 Å². The van der Waals surface area contributed by atoms with E-state index < -0.39 is 11.2 Å². The van der Waals surface area contributed by atoms with E-state index in [1.54, 1.807) is 11.8 Å². The fourth-order valence-corrected chi connectivity index (χ4v) is 2.88. The van der Waals surface area contributed by atoms with Gasteiger partial charge in [-0.25, -0.2) is 0 Å². The van der Waals surface area contributed by atoms with Crippen LogP contribution in [0.3, 0.4) is 0 Å². The van der Waals surface area contributed by atoms with Crippen molar-refractivity contribution in [1.82, 2.24) is 9.96 Å². The summed E-state index contributed by atoms with van der Waals surface area (Å²) in [5.74, 6) is -0.0665. The maximum atomic E-state index is 12.7. The Morgan fingerprint density at radius 2 is 1.65 bits per heavy atom. The molecule has 4 nitrogen and oxygen atoms in total. The van der Waals surface area contributed by atoms with Crippen molar-refractivity contribution in [1.29, 1.82) is 0 Å². The fourth-order valence-electron chi connectivity index (χ4n) is 2.88. The van der Waals surface area contributed by atoms with E-state index in [0.29, 0.717) is 19.4 Å². The average Bonchev–Trinajstić information content (AvgIpc) is 2.62. The lowest BCUT2D eigenvalue weighted by Crippen LogP contribution is -2.51. The molecule has 109 valence electrons. The summed E-state index contributed by atoms with van der Waals surface area (Å²) in [4.78, 5) is 14.5. The third-order valence-electron chi connectivity index (χ3n) is 4.71. The molecule has 0 aromatic heterocycles. The van der Waals surface area contributed by atoms with Crippen molar-refractivity contribution in [3.05, 3.63) is 35.9 Å². The maximum Gasteiger partial charge on any atom is 0.247 e. The van der Waals surface area contributed by atoms with Gasteiger partial charge in [-0.3, -0.25) is 4.79 Å². The lowest BCUT2D eigenvalue weighted by Gasteiger charge is -2.37. The van der Waals surface area contributed by atoms with Gasteiger partial charge in [-0.05, 0) is 32.3 Å². The molecule has 4 heteroatoms. The van der Waals surface area contributed by atoms with Crippen molar-refractivity contribution in [3.8, 4) is 0 Å². The highest BCUT2D eigenvalue weighted by molar-refractivity contribution is 5.88. The van der Waals surface area contributed by atoms with E-state index in [2.05, 4.69) is 0 Å². The van der Waals surface area contributed by atoms with Crippen LogP contribution in [0.1, 0.15) is 46.1 Å². The quantitative estimate of drug-likeness (QED) is 0.848. The lowest BCUT2D eigenvalue weighted by molar-refractivity contribution is -0.269. The summed E-state index contributed by atoms with van der Waals surface area (Å²) < 4.78 is 0. The SMILES string of the molecule is CCC1(C)C(=O)N(Cc2ccccc2)C(C)(CC)N1[O]. The number of nitrogens with zero attached hydrogens (tertiary/aromatic N) is 2. The Bertz CT molecular complexity index is 491. The van der Waals surface area contributed by atoms with Crippen molar-refractivity contribution in [3.63, 3.8) is 0 Å². The number of hydrogen-bond acceptors (Lipinski definition) is 2. The first kappa shape index (κ1) is 15.0. The molecule has 1 aliphatic heterocycles. The third-order valence-corrected chi connectivity index (χ3v) is 4.71. The van der Waals surface area contributed by atoms with Gasteiger partial charge in [0.1, 0.15) is 11.2 Å². The van der Waals surface area contributed by atoms with Crippen molar-refractivity contribution < 1.29 is 10.0 Å². The molecule has 1 heterocycles. The van der Waals surface area contributed by atoms with E-state index in [0.717, 1.165) is 10.6 Å². The smallest absolute Gasteiger partial charge is 0.247 e. The monoisotopic (exact) mass is 275 g/mol. The Morgan fingerprint density at radius 1 is 1.05 bits per heavy atom. The molecule has 1 amide bonds. The molecule has 1 aromatic carbocycles. The number of amides is 1. The zero-order chi connectivity index (χ0) is 15.0. The molecule has 20 heavy (non-hydrogen) atoms. The molecular formula is C16H23N2O2. The Labute approximate surface area is 121 Å². The number of hydroxylamine groups is 2. The van der Waals surface area contributed by atoms with Gasteiger partial charge in [-0.2, -0.15) is 0 Å². The van der Waals surface area contributed by atoms with Gasteiger partial charge >= 0.3 is 0 Å². The largest absolute Gasteiger partial charge is 0.316 e. The van der Waals surface area contributed by atoms with Gasteiger partial charge in [0.25, 0.3) is 0 Å². The molecule has 0 spiro atoms. The Morgan fingerprint density at radius 3 is 2.15 bits per heavy atom. The van der Waals surface area contributed by atoms with Crippen molar-refractivity contribution in [2.24, 2.45) is 0 Å². The molecule has 2 rings (SSSR count). The standard InChI is InChI=1S/C16H23N2O2/c1-5-15(3)14(19)17(16(4,6-2)18(15)20)12-13-10-8-7-9-11-13/h7-11H,5-6,12H2,1-4H3. The Hall–Kier alpha value is -1.39. The highest BCUT2D eigenvalue weighted by atomic mass is 16.5. The lowest BCUT2D eigenvalue weighted by atomic mass is 9.98. The second kappa shape index (κ2) is 5.19. The topological polar surface area (TPSA) is 43.5 Å². The predicted molar refractivity (Wildman–Crippen MR) is 76.9 cm³/mol. The van der Waals surface area contributed by atoms with E-state index >= 15 is 0 Å². The molecule has 0 N–H and O–H groups in total. The van der Waals surface area contributed by atoms with Crippen LogP contribution in [0.15, 0.2) is 30.3 Å². The van der Waals surface area contributed by atoms with Crippen molar-refractivity contribution in [2.45, 2.75) is 58.3 Å². The molecule has 2 atom stereocenters. The maximum absolute atomic E-state index is 12.7. The van der Waals surface area contributed by atoms with Crippen LogP contribution in [-0.4, -0.2) is 27.1 Å². The first-order valence-electron chi connectivity index (χ1n) is 7.23. The van der Waals surface area contributed by atoms with Gasteiger partial charge in [0.05, 0.1) is 0 Å². The first-order valence-corrected chi connectivity index (χ1v) is 7.23. The number of hydrogen-bond donors (Lipinski definition) is 0. The third kappa shape index (κ3) is 2.03. The number of carbonyl (C=O) groups excluding carboxylic acids is 1. The molecule has 0 saturated carbocycles.